The van der Waals surface area contributed by atoms with Gasteiger partial charge in [-0.05, 0) is 71.8 Å². The molecule has 0 bridgehead atoms. The number of likely N-dealkylation sites (tertiary alicyclic amines) is 2. The van der Waals surface area contributed by atoms with Crippen molar-refractivity contribution in [3.63, 3.8) is 0 Å². The van der Waals surface area contributed by atoms with Crippen LogP contribution in [0, 0.1) is 5.41 Å². The number of nitrogens with zero attached hydrogens (tertiary/aromatic N) is 2. The van der Waals surface area contributed by atoms with Gasteiger partial charge in [0, 0.05) is 6.04 Å². The van der Waals surface area contributed by atoms with Crippen LogP contribution < -0.4 is 0 Å². The van der Waals surface area contributed by atoms with Crippen LogP contribution in [0.2, 0.25) is 0 Å². The number of rotatable bonds is 6. The molecule has 0 aromatic rings. The Morgan fingerprint density at radius 2 is 1.95 bits per heavy atom. The highest BCUT2D eigenvalue weighted by Crippen LogP contribution is 2.36. The summed E-state index contributed by atoms with van der Waals surface area (Å²) in [4.78, 5) is 16.6. The minimum atomic E-state index is -0.573. The highest BCUT2D eigenvalue weighted by atomic mass is 16.4. The van der Waals surface area contributed by atoms with Gasteiger partial charge in [0.2, 0.25) is 0 Å². The van der Waals surface area contributed by atoms with Gasteiger partial charge in [-0.2, -0.15) is 0 Å². The second kappa shape index (κ2) is 7.59. The Morgan fingerprint density at radius 3 is 2.52 bits per heavy atom. The largest absolute Gasteiger partial charge is 0.481 e. The van der Waals surface area contributed by atoms with Crippen molar-refractivity contribution in [1.29, 1.82) is 0 Å². The van der Waals surface area contributed by atoms with Gasteiger partial charge in [0.25, 0.3) is 0 Å². The molecule has 1 unspecified atom stereocenters. The predicted octanol–water partition coefficient (Wildman–Crippen LogP) is 2.83. The summed E-state index contributed by atoms with van der Waals surface area (Å²) >= 11 is 0. The monoisotopic (exact) mass is 296 g/mol. The van der Waals surface area contributed by atoms with E-state index in [0.29, 0.717) is 0 Å². The van der Waals surface area contributed by atoms with E-state index >= 15 is 0 Å². The number of carbonyl (C=O) groups is 1. The maximum Gasteiger partial charge on any atom is 0.309 e. The maximum absolute atomic E-state index is 11.6. The zero-order valence-corrected chi connectivity index (χ0v) is 13.8. The summed E-state index contributed by atoms with van der Waals surface area (Å²) in [7, 11) is 2.25. The Labute approximate surface area is 129 Å². The molecule has 0 saturated carbocycles. The van der Waals surface area contributed by atoms with Gasteiger partial charge >= 0.3 is 5.97 Å². The van der Waals surface area contributed by atoms with Gasteiger partial charge in [-0.3, -0.25) is 4.79 Å². The SMILES string of the molecule is CCCC1(C(=O)O)CCN(CCC2CCCCN2C)CC1. The second-order valence-electron chi connectivity index (χ2n) is 7.10. The molecule has 1 N–H and O–H groups in total. The summed E-state index contributed by atoms with van der Waals surface area (Å²) in [5.74, 6) is -0.573. The standard InChI is InChI=1S/C17H32N2O2/c1-3-8-17(16(20)21)9-13-19(14-10-17)12-7-15-6-4-5-11-18(15)2/h15H,3-14H2,1-2H3,(H,20,21). The number of carboxylic acid groups (broad SMARTS) is 1. The van der Waals surface area contributed by atoms with Crippen molar-refractivity contribution in [1.82, 2.24) is 9.80 Å². The summed E-state index contributed by atoms with van der Waals surface area (Å²) < 4.78 is 0. The van der Waals surface area contributed by atoms with Gasteiger partial charge in [0.05, 0.1) is 5.41 Å². The first kappa shape index (κ1) is 16.8. The molecular formula is C17H32N2O2. The molecule has 2 fully saturated rings. The molecule has 0 aliphatic carbocycles. The fourth-order valence-corrected chi connectivity index (χ4v) is 4.09. The number of piperidine rings is 2. The highest BCUT2D eigenvalue weighted by molar-refractivity contribution is 5.74. The van der Waals surface area contributed by atoms with E-state index in [1.54, 1.807) is 0 Å². The van der Waals surface area contributed by atoms with Crippen molar-refractivity contribution in [2.45, 2.75) is 64.3 Å². The van der Waals surface area contributed by atoms with Crippen molar-refractivity contribution in [2.24, 2.45) is 5.41 Å². The molecule has 2 saturated heterocycles. The van der Waals surface area contributed by atoms with E-state index in [0.717, 1.165) is 51.4 Å². The van der Waals surface area contributed by atoms with Gasteiger partial charge in [-0.25, -0.2) is 0 Å². The normalized spacial score (nSPS) is 27.6. The first-order chi connectivity index (χ1) is 10.1. The van der Waals surface area contributed by atoms with Gasteiger partial charge in [-0.15, -0.1) is 0 Å². The van der Waals surface area contributed by atoms with Crippen LogP contribution in [0.3, 0.4) is 0 Å². The zero-order valence-electron chi connectivity index (χ0n) is 13.8. The fourth-order valence-electron chi connectivity index (χ4n) is 4.09. The van der Waals surface area contributed by atoms with Crippen LogP contribution in [-0.2, 0) is 4.79 Å². The Morgan fingerprint density at radius 1 is 1.24 bits per heavy atom. The summed E-state index contributed by atoms with van der Waals surface area (Å²) in [6.45, 7) is 6.39. The number of aliphatic carboxylic acids is 1. The van der Waals surface area contributed by atoms with E-state index < -0.39 is 11.4 Å². The topological polar surface area (TPSA) is 43.8 Å². The highest BCUT2D eigenvalue weighted by Gasteiger charge is 2.40. The minimum Gasteiger partial charge on any atom is -0.481 e. The molecule has 21 heavy (non-hydrogen) atoms. The third kappa shape index (κ3) is 4.19. The van der Waals surface area contributed by atoms with Crippen LogP contribution >= 0.6 is 0 Å². The van der Waals surface area contributed by atoms with Crippen LogP contribution in [0.25, 0.3) is 0 Å². The lowest BCUT2D eigenvalue weighted by molar-refractivity contribution is -0.152. The molecule has 4 heteroatoms. The number of hydrogen-bond donors (Lipinski definition) is 1. The van der Waals surface area contributed by atoms with E-state index in [1.165, 1.54) is 32.2 Å². The average Bonchev–Trinajstić information content (AvgIpc) is 2.48. The molecule has 1 atom stereocenters. The minimum absolute atomic E-state index is 0.438. The van der Waals surface area contributed by atoms with Crippen molar-refractivity contribution in [2.75, 3.05) is 33.2 Å². The predicted molar refractivity (Wildman–Crippen MR) is 85.5 cm³/mol. The average molecular weight is 296 g/mol. The first-order valence-electron chi connectivity index (χ1n) is 8.73. The smallest absolute Gasteiger partial charge is 0.309 e. The summed E-state index contributed by atoms with van der Waals surface area (Å²) in [5, 5.41) is 9.55. The number of carboxylic acids is 1. The molecule has 2 aliphatic heterocycles. The van der Waals surface area contributed by atoms with Crippen LogP contribution in [-0.4, -0.2) is 60.1 Å². The van der Waals surface area contributed by atoms with E-state index in [-0.39, 0.29) is 0 Å². The maximum atomic E-state index is 11.6. The Balaban J connectivity index is 1.77. The fraction of sp³-hybridized carbons (Fsp3) is 0.941. The summed E-state index contributed by atoms with van der Waals surface area (Å²) in [6.07, 6.45) is 8.75. The van der Waals surface area contributed by atoms with Gasteiger partial charge < -0.3 is 14.9 Å². The van der Waals surface area contributed by atoms with Gasteiger partial charge in [-0.1, -0.05) is 19.8 Å². The molecular weight excluding hydrogens is 264 g/mol. The van der Waals surface area contributed by atoms with Crippen molar-refractivity contribution < 1.29 is 9.90 Å². The zero-order chi connectivity index (χ0) is 15.3. The molecule has 2 aliphatic rings. The van der Waals surface area contributed by atoms with Gasteiger partial charge in [0.15, 0.2) is 0 Å². The molecule has 0 aromatic heterocycles. The molecule has 4 nitrogen and oxygen atoms in total. The third-order valence-electron chi connectivity index (χ3n) is 5.70. The Hall–Kier alpha value is -0.610. The third-order valence-corrected chi connectivity index (χ3v) is 5.70. The summed E-state index contributed by atoms with van der Waals surface area (Å²) in [6, 6.07) is 0.737. The molecule has 0 amide bonds. The van der Waals surface area contributed by atoms with Crippen LogP contribution in [0.1, 0.15) is 58.3 Å². The van der Waals surface area contributed by atoms with Gasteiger partial charge in [0.1, 0.15) is 0 Å². The summed E-state index contributed by atoms with van der Waals surface area (Å²) in [5.41, 5.74) is -0.438. The lowest BCUT2D eigenvalue weighted by Crippen LogP contribution is -2.46. The molecule has 0 aromatic carbocycles. The molecule has 2 heterocycles. The second-order valence-corrected chi connectivity index (χ2v) is 7.10. The van der Waals surface area contributed by atoms with Crippen molar-refractivity contribution in [3.05, 3.63) is 0 Å². The number of hydrogen-bond acceptors (Lipinski definition) is 3. The lowest BCUT2D eigenvalue weighted by Gasteiger charge is -2.40. The van der Waals surface area contributed by atoms with E-state index in [1.807, 2.05) is 0 Å². The van der Waals surface area contributed by atoms with Crippen LogP contribution in [0.4, 0.5) is 0 Å². The molecule has 0 radical (unpaired) electrons. The Bertz CT molecular complexity index is 338. The van der Waals surface area contributed by atoms with E-state index in [4.69, 9.17) is 0 Å². The van der Waals surface area contributed by atoms with E-state index in [2.05, 4.69) is 23.8 Å². The Kier molecular flexibility index (Phi) is 6.06. The van der Waals surface area contributed by atoms with Crippen molar-refractivity contribution >= 4 is 5.97 Å². The molecule has 122 valence electrons. The van der Waals surface area contributed by atoms with E-state index in [9.17, 15) is 9.90 Å². The van der Waals surface area contributed by atoms with Crippen molar-refractivity contribution in [3.8, 4) is 0 Å². The first-order valence-corrected chi connectivity index (χ1v) is 8.73. The quantitative estimate of drug-likeness (QED) is 0.818. The van der Waals surface area contributed by atoms with Crippen LogP contribution in [0.15, 0.2) is 0 Å². The van der Waals surface area contributed by atoms with Crippen LogP contribution in [0.5, 0.6) is 0 Å². The molecule has 2 rings (SSSR count). The lowest BCUT2D eigenvalue weighted by atomic mass is 9.75. The molecule has 0 spiro atoms.